The van der Waals surface area contributed by atoms with Gasteiger partial charge in [-0.1, -0.05) is 30.3 Å². The first-order valence-corrected chi connectivity index (χ1v) is 9.22. The van der Waals surface area contributed by atoms with E-state index >= 15 is 0 Å². The minimum absolute atomic E-state index is 0.0258. The number of hydrogen-bond donors (Lipinski definition) is 5. The summed E-state index contributed by atoms with van der Waals surface area (Å²) in [5.41, 5.74) is -0.387. The molecule has 0 aliphatic carbocycles. The number of phenolic OH excluding ortho intramolecular Hbond substituents is 2. The molecule has 1 saturated heterocycles. The van der Waals surface area contributed by atoms with Gasteiger partial charge in [0.15, 0.2) is 5.76 Å². The first-order valence-electron chi connectivity index (χ1n) is 9.22. The van der Waals surface area contributed by atoms with E-state index in [1.807, 2.05) is 0 Å². The minimum Gasteiger partial charge on any atom is -0.508 e. The molecule has 1 aliphatic rings. The number of aliphatic hydroxyl groups is 3. The molecule has 2 aromatic carbocycles. The molecule has 3 aromatic rings. The summed E-state index contributed by atoms with van der Waals surface area (Å²) in [7, 11) is 0. The van der Waals surface area contributed by atoms with E-state index in [4.69, 9.17) is 13.9 Å². The minimum atomic E-state index is -1.65. The highest BCUT2D eigenvalue weighted by atomic mass is 16.7. The van der Waals surface area contributed by atoms with Crippen LogP contribution in [-0.4, -0.2) is 56.2 Å². The number of ether oxygens (including phenoxy) is 2. The van der Waals surface area contributed by atoms with Crippen molar-refractivity contribution in [3.8, 4) is 28.6 Å². The van der Waals surface area contributed by atoms with E-state index < -0.39 is 41.9 Å². The van der Waals surface area contributed by atoms with Crippen molar-refractivity contribution in [1.82, 2.24) is 0 Å². The molecule has 9 heteroatoms. The van der Waals surface area contributed by atoms with Gasteiger partial charge in [0.2, 0.25) is 17.5 Å². The maximum absolute atomic E-state index is 13.2. The second-order valence-electron chi connectivity index (χ2n) is 7.09. The highest BCUT2D eigenvalue weighted by Gasteiger charge is 2.44. The zero-order valence-electron chi connectivity index (χ0n) is 15.8. The molecular formula is C21H20O9. The summed E-state index contributed by atoms with van der Waals surface area (Å²) in [5.74, 6) is -1.21. The first kappa shape index (κ1) is 20.2. The molecule has 1 aromatic heterocycles. The van der Waals surface area contributed by atoms with E-state index in [0.29, 0.717) is 5.56 Å². The summed E-state index contributed by atoms with van der Waals surface area (Å²) in [6.07, 6.45) is -6.92. The van der Waals surface area contributed by atoms with Gasteiger partial charge < -0.3 is 39.4 Å². The van der Waals surface area contributed by atoms with Crippen molar-refractivity contribution in [2.75, 3.05) is 0 Å². The summed E-state index contributed by atoms with van der Waals surface area (Å²) in [5, 5.41) is 49.9. The second kappa shape index (κ2) is 7.62. The molecule has 0 amide bonds. The maximum atomic E-state index is 13.2. The summed E-state index contributed by atoms with van der Waals surface area (Å²) in [6.45, 7) is 1.48. The van der Waals surface area contributed by atoms with Gasteiger partial charge in [-0.25, -0.2) is 0 Å². The lowest BCUT2D eigenvalue weighted by atomic mass is 10.00. The molecule has 4 rings (SSSR count). The van der Waals surface area contributed by atoms with Gasteiger partial charge in [-0.3, -0.25) is 4.79 Å². The molecule has 30 heavy (non-hydrogen) atoms. The van der Waals surface area contributed by atoms with Crippen molar-refractivity contribution >= 4 is 11.0 Å². The van der Waals surface area contributed by atoms with Crippen molar-refractivity contribution < 1.29 is 39.4 Å². The quantitative estimate of drug-likeness (QED) is 0.423. The average molecular weight is 416 g/mol. The van der Waals surface area contributed by atoms with Crippen LogP contribution in [0.25, 0.3) is 22.3 Å². The lowest BCUT2D eigenvalue weighted by molar-refractivity contribution is -0.268. The summed E-state index contributed by atoms with van der Waals surface area (Å²) in [4.78, 5) is 13.2. The van der Waals surface area contributed by atoms with E-state index in [9.17, 15) is 30.3 Å². The predicted molar refractivity (Wildman–Crippen MR) is 104 cm³/mol. The van der Waals surface area contributed by atoms with E-state index in [1.165, 1.54) is 13.0 Å². The topological polar surface area (TPSA) is 150 Å². The van der Waals surface area contributed by atoms with E-state index in [-0.39, 0.29) is 28.2 Å². The van der Waals surface area contributed by atoms with Crippen LogP contribution in [0.5, 0.6) is 17.2 Å². The third kappa shape index (κ3) is 3.37. The molecule has 0 saturated carbocycles. The Morgan fingerprint density at radius 1 is 0.967 bits per heavy atom. The van der Waals surface area contributed by atoms with Crippen molar-refractivity contribution in [3.63, 3.8) is 0 Å². The maximum Gasteiger partial charge on any atom is 0.239 e. The smallest absolute Gasteiger partial charge is 0.239 e. The predicted octanol–water partition coefficient (Wildman–Crippen LogP) is 1.08. The molecule has 0 radical (unpaired) electrons. The van der Waals surface area contributed by atoms with Crippen molar-refractivity contribution in [3.05, 3.63) is 52.7 Å². The van der Waals surface area contributed by atoms with Crippen molar-refractivity contribution in [1.29, 1.82) is 0 Å². The Labute approximate surface area is 170 Å². The molecular weight excluding hydrogens is 396 g/mol. The molecule has 1 fully saturated rings. The Morgan fingerprint density at radius 2 is 1.67 bits per heavy atom. The van der Waals surface area contributed by atoms with Crippen LogP contribution in [-0.2, 0) is 4.74 Å². The Balaban J connectivity index is 1.89. The zero-order valence-corrected chi connectivity index (χ0v) is 15.8. The normalized spacial score (nSPS) is 26.6. The van der Waals surface area contributed by atoms with Crippen LogP contribution in [0.1, 0.15) is 6.92 Å². The van der Waals surface area contributed by atoms with Gasteiger partial charge in [-0.2, -0.15) is 0 Å². The van der Waals surface area contributed by atoms with Crippen LogP contribution in [0.4, 0.5) is 0 Å². The third-order valence-corrected chi connectivity index (χ3v) is 5.00. The number of aliphatic hydroxyl groups excluding tert-OH is 3. The van der Waals surface area contributed by atoms with E-state index in [1.54, 1.807) is 30.3 Å². The lowest BCUT2D eigenvalue weighted by Gasteiger charge is -2.38. The molecule has 0 spiro atoms. The fraction of sp³-hybridized carbons (Fsp3) is 0.286. The van der Waals surface area contributed by atoms with Gasteiger partial charge in [0, 0.05) is 17.7 Å². The van der Waals surface area contributed by atoms with Gasteiger partial charge in [-0.05, 0) is 6.92 Å². The number of aromatic hydroxyl groups is 2. The van der Waals surface area contributed by atoms with Crippen LogP contribution in [0, 0.1) is 0 Å². The van der Waals surface area contributed by atoms with Crippen LogP contribution in [0.2, 0.25) is 0 Å². The number of fused-ring (bicyclic) bond motifs is 1. The van der Waals surface area contributed by atoms with E-state index in [0.717, 1.165) is 6.07 Å². The monoisotopic (exact) mass is 416 g/mol. The molecule has 2 heterocycles. The summed E-state index contributed by atoms with van der Waals surface area (Å²) in [6, 6.07) is 10.6. The molecule has 0 bridgehead atoms. The van der Waals surface area contributed by atoms with E-state index in [2.05, 4.69) is 0 Å². The Bertz CT molecular complexity index is 1120. The van der Waals surface area contributed by atoms with Crippen LogP contribution >= 0.6 is 0 Å². The largest absolute Gasteiger partial charge is 0.508 e. The summed E-state index contributed by atoms with van der Waals surface area (Å²) < 4.78 is 16.8. The second-order valence-corrected chi connectivity index (χ2v) is 7.09. The standard InChI is InChI=1S/C21H20O9/c1-9-15(24)17(26)18(27)21(28-9)30-20-16(25)14-12(23)7-11(22)8-13(14)29-19(20)10-5-3-2-4-6-10/h2-9,15,17-18,21-24,26-27H,1H3/t9-,15-,17+,18+,21-/m0/s1. The average Bonchev–Trinajstić information content (AvgIpc) is 2.72. The SMILES string of the molecule is C[C@@H]1O[C@@H](Oc2c(-c3ccccc3)oc3cc(O)cc(O)c3c2=O)[C@H](O)[C@H](O)[C@H]1O. The number of benzene rings is 2. The van der Waals surface area contributed by atoms with Crippen molar-refractivity contribution in [2.45, 2.75) is 37.6 Å². The fourth-order valence-electron chi connectivity index (χ4n) is 3.38. The Hall–Kier alpha value is -3.11. The molecule has 0 unspecified atom stereocenters. The number of phenols is 2. The van der Waals surface area contributed by atoms with Crippen LogP contribution < -0.4 is 10.2 Å². The van der Waals surface area contributed by atoms with Gasteiger partial charge in [-0.15, -0.1) is 0 Å². The first-order chi connectivity index (χ1) is 14.3. The summed E-state index contributed by atoms with van der Waals surface area (Å²) >= 11 is 0. The number of rotatable bonds is 3. The third-order valence-electron chi connectivity index (χ3n) is 5.00. The van der Waals surface area contributed by atoms with Crippen molar-refractivity contribution in [2.24, 2.45) is 0 Å². The molecule has 9 nitrogen and oxygen atoms in total. The highest BCUT2D eigenvalue weighted by molar-refractivity contribution is 5.88. The molecule has 5 atom stereocenters. The number of hydrogen-bond acceptors (Lipinski definition) is 9. The Kier molecular flexibility index (Phi) is 5.12. The molecule has 1 aliphatic heterocycles. The highest BCUT2D eigenvalue weighted by Crippen LogP contribution is 2.36. The van der Waals surface area contributed by atoms with Crippen LogP contribution in [0.15, 0.2) is 51.7 Å². The van der Waals surface area contributed by atoms with Crippen LogP contribution in [0.3, 0.4) is 0 Å². The fourth-order valence-corrected chi connectivity index (χ4v) is 3.38. The van der Waals surface area contributed by atoms with Gasteiger partial charge in [0.05, 0.1) is 6.10 Å². The zero-order chi connectivity index (χ0) is 21.6. The van der Waals surface area contributed by atoms with Gasteiger partial charge in [0.25, 0.3) is 0 Å². The lowest BCUT2D eigenvalue weighted by Crippen LogP contribution is -2.58. The van der Waals surface area contributed by atoms with Gasteiger partial charge in [0.1, 0.15) is 40.8 Å². The molecule has 158 valence electrons. The molecule has 5 N–H and O–H groups in total. The van der Waals surface area contributed by atoms with Gasteiger partial charge >= 0.3 is 0 Å². The Morgan fingerprint density at radius 3 is 2.37 bits per heavy atom.